The maximum atomic E-state index is 4.66. The second-order valence-corrected chi connectivity index (χ2v) is 19.8. The molecule has 5 heteroatoms. The summed E-state index contributed by atoms with van der Waals surface area (Å²) in [5, 5.41) is 0. The number of anilines is 6. The van der Waals surface area contributed by atoms with Gasteiger partial charge in [0.25, 0.3) is 0 Å². The molecule has 360 valence electrons. The lowest BCUT2D eigenvalue weighted by Gasteiger charge is -2.35. The number of benzene rings is 9. The Hall–Kier alpha value is -9.84. The highest BCUT2D eigenvalue weighted by Gasteiger charge is 2.48. The molecule has 0 amide bonds. The first kappa shape index (κ1) is 44.8. The molecule has 0 saturated carbocycles. The summed E-state index contributed by atoms with van der Waals surface area (Å²) in [6.07, 6.45) is 7.59. The van der Waals surface area contributed by atoms with Crippen molar-refractivity contribution in [1.29, 1.82) is 0 Å². The molecule has 14 rings (SSSR count). The average molecular weight is 974 g/mol. The van der Waals surface area contributed by atoms with Crippen LogP contribution in [0.5, 0.6) is 0 Å². The SMILES string of the molecule is Cn1c(-c2ccc(N(c3cccnc3)c3ccc4c(c3)C(c3ccccc3)(c3ccccc3)c3ccccc3-4)cc2)ccc1N(c1cccnc1)c1ccc2c(c1)C(c1ccccc1)(c1ccccc1)c1ccccc1-2. The predicted molar refractivity (Wildman–Crippen MR) is 310 cm³/mol. The van der Waals surface area contributed by atoms with Crippen LogP contribution in [0.3, 0.4) is 0 Å². The number of hydrogen-bond donors (Lipinski definition) is 0. The number of fused-ring (bicyclic) bond motifs is 6. The van der Waals surface area contributed by atoms with E-state index in [9.17, 15) is 0 Å². The predicted octanol–water partition coefficient (Wildman–Crippen LogP) is 17.1. The Morgan fingerprint density at radius 2 is 0.711 bits per heavy atom. The summed E-state index contributed by atoms with van der Waals surface area (Å²) >= 11 is 0. The molecule has 0 saturated heterocycles. The van der Waals surface area contributed by atoms with Crippen molar-refractivity contribution >= 4 is 34.3 Å². The van der Waals surface area contributed by atoms with Crippen LogP contribution in [0, 0.1) is 0 Å². The highest BCUT2D eigenvalue weighted by molar-refractivity contribution is 5.91. The molecule has 0 radical (unpaired) electrons. The molecule has 0 spiro atoms. The maximum Gasteiger partial charge on any atom is 0.117 e. The monoisotopic (exact) mass is 973 g/mol. The molecule has 0 unspecified atom stereocenters. The minimum atomic E-state index is -0.534. The van der Waals surface area contributed by atoms with Crippen molar-refractivity contribution in [1.82, 2.24) is 14.5 Å². The van der Waals surface area contributed by atoms with E-state index in [-0.39, 0.29) is 0 Å². The molecule has 9 aromatic carbocycles. The van der Waals surface area contributed by atoms with Gasteiger partial charge in [0.05, 0.1) is 34.6 Å². The van der Waals surface area contributed by atoms with Gasteiger partial charge in [0.1, 0.15) is 5.82 Å². The van der Waals surface area contributed by atoms with Gasteiger partial charge in [0.15, 0.2) is 0 Å². The maximum absolute atomic E-state index is 4.66. The van der Waals surface area contributed by atoms with Crippen LogP contribution in [0.25, 0.3) is 33.5 Å². The Balaban J connectivity index is 0.878. The van der Waals surface area contributed by atoms with Gasteiger partial charge in [-0.1, -0.05) is 194 Å². The third kappa shape index (κ3) is 6.86. The Morgan fingerprint density at radius 1 is 0.316 bits per heavy atom. The molecule has 0 fully saturated rings. The third-order valence-corrected chi connectivity index (χ3v) is 16.0. The van der Waals surface area contributed by atoms with Gasteiger partial charge in [-0.05, 0) is 145 Å². The number of aromatic nitrogens is 3. The third-order valence-electron chi connectivity index (χ3n) is 16.0. The van der Waals surface area contributed by atoms with Gasteiger partial charge in [0, 0.05) is 42.2 Å². The van der Waals surface area contributed by atoms with E-state index >= 15 is 0 Å². The molecule has 0 aliphatic heterocycles. The van der Waals surface area contributed by atoms with E-state index in [2.05, 4.69) is 286 Å². The normalized spacial score (nSPS) is 13.3. The molecule has 12 aromatic rings. The average Bonchev–Trinajstić information content (AvgIpc) is 4.34. The van der Waals surface area contributed by atoms with Crippen molar-refractivity contribution in [3.05, 3.63) is 336 Å². The Morgan fingerprint density at radius 3 is 1.16 bits per heavy atom. The fourth-order valence-electron chi connectivity index (χ4n) is 12.8. The molecule has 0 bridgehead atoms. The van der Waals surface area contributed by atoms with Crippen molar-refractivity contribution in [3.63, 3.8) is 0 Å². The molecule has 3 heterocycles. The summed E-state index contributed by atoms with van der Waals surface area (Å²) in [6.45, 7) is 0. The highest BCUT2D eigenvalue weighted by atomic mass is 15.2. The quantitative estimate of drug-likeness (QED) is 0.129. The Bertz CT molecular complexity index is 3970. The van der Waals surface area contributed by atoms with Crippen molar-refractivity contribution in [2.24, 2.45) is 7.05 Å². The molecule has 0 N–H and O–H groups in total. The van der Waals surface area contributed by atoms with E-state index in [1.807, 2.05) is 36.9 Å². The fourth-order valence-corrected chi connectivity index (χ4v) is 12.8. The van der Waals surface area contributed by atoms with Crippen molar-refractivity contribution in [2.75, 3.05) is 9.80 Å². The lowest BCUT2D eigenvalue weighted by molar-refractivity contribution is 0.768. The van der Waals surface area contributed by atoms with Gasteiger partial charge in [-0.15, -0.1) is 0 Å². The zero-order valence-corrected chi connectivity index (χ0v) is 41.9. The smallest absolute Gasteiger partial charge is 0.117 e. The number of nitrogens with zero attached hydrogens (tertiary/aromatic N) is 5. The van der Waals surface area contributed by atoms with Crippen LogP contribution in [-0.2, 0) is 17.9 Å². The summed E-state index contributed by atoms with van der Waals surface area (Å²) in [6, 6.07) is 97.6. The molecular weight excluding hydrogens is 923 g/mol. The van der Waals surface area contributed by atoms with E-state index in [1.165, 1.54) is 66.8 Å². The van der Waals surface area contributed by atoms with Gasteiger partial charge in [0.2, 0.25) is 0 Å². The molecule has 3 aromatic heterocycles. The lowest BCUT2D eigenvalue weighted by atomic mass is 9.67. The first-order valence-corrected chi connectivity index (χ1v) is 26.0. The lowest BCUT2D eigenvalue weighted by Crippen LogP contribution is -2.28. The van der Waals surface area contributed by atoms with Gasteiger partial charge in [-0.25, -0.2) is 0 Å². The summed E-state index contributed by atoms with van der Waals surface area (Å²) in [7, 11) is 2.17. The topological polar surface area (TPSA) is 37.2 Å². The van der Waals surface area contributed by atoms with E-state index in [0.717, 1.165) is 45.5 Å². The molecule has 0 atom stereocenters. The van der Waals surface area contributed by atoms with Crippen LogP contribution in [0.15, 0.2) is 292 Å². The number of hydrogen-bond acceptors (Lipinski definition) is 4. The summed E-state index contributed by atoms with van der Waals surface area (Å²) < 4.78 is 2.30. The van der Waals surface area contributed by atoms with E-state index in [0.29, 0.717) is 0 Å². The van der Waals surface area contributed by atoms with Crippen LogP contribution >= 0.6 is 0 Å². The first-order chi connectivity index (χ1) is 37.6. The highest BCUT2D eigenvalue weighted by Crippen LogP contribution is 2.59. The van der Waals surface area contributed by atoms with E-state index < -0.39 is 10.8 Å². The van der Waals surface area contributed by atoms with Gasteiger partial charge >= 0.3 is 0 Å². The van der Waals surface area contributed by atoms with Crippen LogP contribution < -0.4 is 9.80 Å². The van der Waals surface area contributed by atoms with Crippen LogP contribution in [0.2, 0.25) is 0 Å². The summed E-state index contributed by atoms with van der Waals surface area (Å²) in [5.41, 5.74) is 21.2. The Kier molecular flexibility index (Phi) is 10.8. The standard InChI is InChI=1S/C71H51N5/c1-74-68(42-43-69(74)76(59-29-19-45-73-49-59)57-39-41-63-61-31-15-17-33-65(61)71(67(63)47-57,53-24-10-4-11-25-53)54-26-12-5-13-27-54)50-34-36-55(37-35-50)75(58-28-18-44-72-48-58)56-38-40-62-60-30-14-16-32-64(60)70(66(62)46-56,51-20-6-2-7-21-51)52-22-8-3-9-23-52/h2-49H,1H3. The van der Waals surface area contributed by atoms with Crippen LogP contribution in [0.4, 0.5) is 34.3 Å². The molecular formula is C71H51N5. The van der Waals surface area contributed by atoms with Gasteiger partial charge in [-0.2, -0.15) is 0 Å². The van der Waals surface area contributed by atoms with Crippen molar-refractivity contribution in [2.45, 2.75) is 10.8 Å². The van der Waals surface area contributed by atoms with Gasteiger partial charge in [-0.3, -0.25) is 14.9 Å². The second kappa shape index (κ2) is 18.3. The van der Waals surface area contributed by atoms with E-state index in [1.54, 1.807) is 0 Å². The minimum Gasteiger partial charge on any atom is -0.330 e. The van der Waals surface area contributed by atoms with E-state index in [4.69, 9.17) is 0 Å². The fraction of sp³-hybridized carbons (Fsp3) is 0.0423. The second-order valence-electron chi connectivity index (χ2n) is 19.8. The largest absolute Gasteiger partial charge is 0.330 e. The van der Waals surface area contributed by atoms with Crippen LogP contribution in [-0.4, -0.2) is 14.5 Å². The molecule has 5 nitrogen and oxygen atoms in total. The summed E-state index contributed by atoms with van der Waals surface area (Å²) in [4.78, 5) is 14.0. The van der Waals surface area contributed by atoms with Crippen molar-refractivity contribution in [3.8, 4) is 33.5 Å². The first-order valence-electron chi connectivity index (χ1n) is 26.0. The van der Waals surface area contributed by atoms with Crippen LogP contribution in [0.1, 0.15) is 44.5 Å². The zero-order chi connectivity index (χ0) is 50.6. The number of pyridine rings is 2. The Labute approximate surface area is 444 Å². The summed E-state index contributed by atoms with van der Waals surface area (Å²) in [5.74, 6) is 1.02. The molecule has 2 aliphatic rings. The minimum absolute atomic E-state index is 0.527. The zero-order valence-electron chi connectivity index (χ0n) is 41.9. The van der Waals surface area contributed by atoms with Gasteiger partial charge < -0.3 is 9.47 Å². The van der Waals surface area contributed by atoms with Crippen molar-refractivity contribution < 1.29 is 0 Å². The number of rotatable bonds is 11. The molecule has 2 aliphatic carbocycles. The molecule has 76 heavy (non-hydrogen) atoms.